The minimum Gasteiger partial charge on any atom is -0.487 e. The number of aryl methyl sites for hydroxylation is 1. The van der Waals surface area contributed by atoms with Gasteiger partial charge in [-0.05, 0) is 104 Å². The third kappa shape index (κ3) is 9.82. The zero-order chi connectivity index (χ0) is 46.1. The number of aliphatic hydroxyl groups excluding tert-OH is 2. The molecule has 1 aliphatic heterocycles. The number of para-hydroxylation sites is 1. The van der Waals surface area contributed by atoms with Crippen LogP contribution in [0.4, 0.5) is 0 Å². The van der Waals surface area contributed by atoms with E-state index in [0.29, 0.717) is 47.4 Å². The van der Waals surface area contributed by atoms with E-state index in [9.17, 15) is 10.2 Å². The average Bonchev–Trinajstić information content (AvgIpc) is 3.33. The van der Waals surface area contributed by atoms with Crippen molar-refractivity contribution in [2.24, 2.45) is 22.9 Å². The lowest BCUT2D eigenvalue weighted by Crippen LogP contribution is -2.70. The molecule has 3 aromatic carbocycles. The maximum absolute atomic E-state index is 15.6. The molecule has 2 N–H and O–H groups in total. The van der Waals surface area contributed by atoms with Gasteiger partial charge in [0.15, 0.2) is 0 Å². The van der Waals surface area contributed by atoms with E-state index in [0.717, 1.165) is 53.8 Å². The highest BCUT2D eigenvalue weighted by Crippen LogP contribution is 2.62. The predicted octanol–water partition coefficient (Wildman–Crippen LogP) is 9.45. The van der Waals surface area contributed by atoms with Crippen LogP contribution < -0.4 is 9.47 Å². The molecule has 3 heterocycles. The zero-order valence-electron chi connectivity index (χ0n) is 38.0. The molecule has 0 amide bonds. The van der Waals surface area contributed by atoms with Gasteiger partial charge in [-0.15, -0.1) is 6.58 Å². The summed E-state index contributed by atoms with van der Waals surface area (Å²) in [5.41, 5.74) is 5.48. The van der Waals surface area contributed by atoms with Crippen molar-refractivity contribution in [2.75, 3.05) is 26.4 Å². The number of allylic oxidation sites excluding steroid dienone is 1. The summed E-state index contributed by atoms with van der Waals surface area (Å²) >= 11 is 0. The highest BCUT2D eigenvalue weighted by molar-refractivity contribution is 7.89. The van der Waals surface area contributed by atoms with Crippen LogP contribution in [-0.2, 0) is 32.8 Å². The van der Waals surface area contributed by atoms with Gasteiger partial charge in [-0.2, -0.15) is 4.31 Å². The van der Waals surface area contributed by atoms with Crippen LogP contribution in [0.15, 0.2) is 138 Å². The van der Waals surface area contributed by atoms with E-state index in [4.69, 9.17) is 24.2 Å². The van der Waals surface area contributed by atoms with Crippen LogP contribution in [0.3, 0.4) is 0 Å². The number of ether oxygens (including phenoxy) is 3. The fourth-order valence-electron chi connectivity index (χ4n) is 10.4. The van der Waals surface area contributed by atoms with E-state index in [2.05, 4.69) is 28.7 Å². The Morgan fingerprint density at radius 1 is 0.939 bits per heavy atom. The van der Waals surface area contributed by atoms with Gasteiger partial charge in [-0.25, -0.2) is 8.42 Å². The monoisotopic (exact) mass is 914 g/mol. The first-order valence-electron chi connectivity index (χ1n) is 23.4. The lowest BCUT2D eigenvalue weighted by Gasteiger charge is -2.59. The highest BCUT2D eigenvalue weighted by Gasteiger charge is 2.66. The molecule has 5 aromatic rings. The summed E-state index contributed by atoms with van der Waals surface area (Å²) in [6.07, 6.45) is 10.7. The first kappa shape index (κ1) is 47.1. The molecule has 348 valence electrons. The SMILES string of the molecule is C=CCOC12Oc3ccc(OCc4cccc(C)n4)cc3C3C(CCCCO)C(CCCCO)C=C(C(=NOCc4ccccc4)CC1N(CCC)S(=O)(=O)c1cccc4cccnc14)C32. The standard InChI is InChI=1S/C53H62N4O8S/c1-4-28-57(66(60,61)48-24-14-20-39-21-15-27-54-52(39)48)49-34-46(56-64-35-38-17-7-6-8-18-38)44-32-40(19-9-11-29-58)43(23-10-12-30-59)50-45-33-42(62-36-41-22-13-16-37(3)55-41)25-26-47(45)65-53(49,51(44)50)63-31-5-2/h5-8,13-18,20-22,24-27,32-33,40,43,49-51,58-59H,2,4,9-12,19,23,28-31,34-36H2,1,3H3. The van der Waals surface area contributed by atoms with Gasteiger partial charge in [0.25, 0.3) is 0 Å². The number of fused-ring (bicyclic) bond motifs is 3. The van der Waals surface area contributed by atoms with Gasteiger partial charge in [-0.1, -0.05) is 91.7 Å². The Balaban J connectivity index is 1.35. The Hall–Kier alpha value is -5.44. The normalized spacial score (nSPS) is 22.9. The number of oxime groups is 1. The first-order valence-corrected chi connectivity index (χ1v) is 24.8. The Labute approximate surface area is 389 Å². The van der Waals surface area contributed by atoms with Crippen LogP contribution in [0.25, 0.3) is 10.9 Å². The van der Waals surface area contributed by atoms with Crippen LogP contribution in [0, 0.1) is 24.7 Å². The summed E-state index contributed by atoms with van der Waals surface area (Å²) in [7, 11) is -4.30. The molecular weight excluding hydrogens is 853 g/mol. The third-order valence-corrected chi connectivity index (χ3v) is 15.1. The molecule has 3 aliphatic rings. The van der Waals surface area contributed by atoms with Gasteiger partial charge in [0.05, 0.1) is 35.5 Å². The summed E-state index contributed by atoms with van der Waals surface area (Å²) in [4.78, 5) is 15.6. The van der Waals surface area contributed by atoms with E-state index in [-0.39, 0.29) is 68.6 Å². The van der Waals surface area contributed by atoms with Crippen molar-refractivity contribution in [1.82, 2.24) is 14.3 Å². The van der Waals surface area contributed by atoms with Crippen LogP contribution in [-0.4, -0.2) is 76.8 Å². The van der Waals surface area contributed by atoms with Gasteiger partial charge in [-0.3, -0.25) is 9.97 Å². The molecular formula is C53H62N4O8S. The molecule has 6 unspecified atom stereocenters. The van der Waals surface area contributed by atoms with Gasteiger partial charge in [0.1, 0.15) is 29.6 Å². The van der Waals surface area contributed by atoms with Crippen molar-refractivity contribution in [3.05, 3.63) is 150 Å². The molecule has 0 saturated heterocycles. The largest absolute Gasteiger partial charge is 0.487 e. The fraction of sp³-hybridized carbons (Fsp3) is 0.415. The molecule has 1 fully saturated rings. The summed E-state index contributed by atoms with van der Waals surface area (Å²) in [5, 5.41) is 25.7. The number of aliphatic hydroxyl groups is 2. The minimum atomic E-state index is -4.30. The molecule has 66 heavy (non-hydrogen) atoms. The van der Waals surface area contributed by atoms with E-state index < -0.39 is 27.8 Å². The summed E-state index contributed by atoms with van der Waals surface area (Å²) in [5.74, 6) is -1.19. The smallest absolute Gasteiger partial charge is 0.245 e. The van der Waals surface area contributed by atoms with Gasteiger partial charge in [0.2, 0.25) is 15.8 Å². The topological polar surface area (TPSA) is 153 Å². The second-order valence-electron chi connectivity index (χ2n) is 17.5. The molecule has 0 bridgehead atoms. The molecule has 1 saturated carbocycles. The second-order valence-corrected chi connectivity index (χ2v) is 19.4. The van der Waals surface area contributed by atoms with E-state index in [1.54, 1.807) is 34.8 Å². The first-order chi connectivity index (χ1) is 32.2. The Morgan fingerprint density at radius 3 is 2.50 bits per heavy atom. The fourth-order valence-corrected chi connectivity index (χ4v) is 12.3. The molecule has 2 aromatic heterocycles. The van der Waals surface area contributed by atoms with Gasteiger partial charge >= 0.3 is 0 Å². The van der Waals surface area contributed by atoms with E-state index in [1.807, 2.05) is 86.6 Å². The molecule has 8 rings (SSSR count). The molecule has 12 nitrogen and oxygen atoms in total. The van der Waals surface area contributed by atoms with Crippen molar-refractivity contribution >= 4 is 26.6 Å². The molecule has 0 spiro atoms. The Kier molecular flexibility index (Phi) is 15.3. The number of hydrogen-bond donors (Lipinski definition) is 2. The molecule has 6 atom stereocenters. The lowest BCUT2D eigenvalue weighted by atomic mass is 9.55. The van der Waals surface area contributed by atoms with Crippen LogP contribution in [0.5, 0.6) is 11.5 Å². The van der Waals surface area contributed by atoms with Crippen molar-refractivity contribution in [1.29, 1.82) is 0 Å². The van der Waals surface area contributed by atoms with Gasteiger partial charge < -0.3 is 29.3 Å². The Morgan fingerprint density at radius 2 is 1.73 bits per heavy atom. The quantitative estimate of drug-likeness (QED) is 0.0390. The Bertz CT molecular complexity index is 2620. The number of aromatic nitrogens is 2. The minimum absolute atomic E-state index is 0.00391. The molecule has 13 heteroatoms. The lowest BCUT2D eigenvalue weighted by molar-refractivity contribution is -0.251. The summed E-state index contributed by atoms with van der Waals surface area (Å²) in [6.45, 7) is 8.85. The van der Waals surface area contributed by atoms with Crippen molar-refractivity contribution < 1.29 is 37.7 Å². The third-order valence-electron chi connectivity index (χ3n) is 13.2. The van der Waals surface area contributed by atoms with E-state index >= 15 is 8.42 Å². The molecule has 0 radical (unpaired) electrons. The second kappa shape index (κ2) is 21.5. The maximum atomic E-state index is 15.6. The number of rotatable bonds is 22. The number of nitrogens with zero attached hydrogens (tertiary/aromatic N) is 4. The van der Waals surface area contributed by atoms with Crippen LogP contribution in [0.2, 0.25) is 0 Å². The number of pyridine rings is 2. The number of unbranched alkanes of at least 4 members (excludes halogenated alkanes) is 2. The average molecular weight is 915 g/mol. The summed E-state index contributed by atoms with van der Waals surface area (Å²) in [6, 6.07) is 29.5. The summed E-state index contributed by atoms with van der Waals surface area (Å²) < 4.78 is 53.8. The van der Waals surface area contributed by atoms with Crippen molar-refractivity contribution in [3.63, 3.8) is 0 Å². The van der Waals surface area contributed by atoms with Crippen LogP contribution >= 0.6 is 0 Å². The number of hydrogen-bond acceptors (Lipinski definition) is 11. The predicted molar refractivity (Wildman–Crippen MR) is 255 cm³/mol. The number of benzene rings is 3. The van der Waals surface area contributed by atoms with Gasteiger partial charge in [0, 0.05) is 54.9 Å². The van der Waals surface area contributed by atoms with Crippen molar-refractivity contribution in [2.45, 2.75) is 101 Å². The van der Waals surface area contributed by atoms with Crippen molar-refractivity contribution in [3.8, 4) is 11.5 Å². The highest BCUT2D eigenvalue weighted by atomic mass is 32.2. The zero-order valence-corrected chi connectivity index (χ0v) is 38.8. The van der Waals surface area contributed by atoms with Crippen LogP contribution in [0.1, 0.15) is 86.7 Å². The maximum Gasteiger partial charge on any atom is 0.245 e. The van der Waals surface area contributed by atoms with E-state index in [1.165, 1.54) is 0 Å². The number of sulfonamides is 1. The molecule has 2 aliphatic carbocycles.